The molecule has 0 unspecified atom stereocenters. The molecule has 2 N–H and O–H groups in total. The smallest absolute Gasteiger partial charge is 0.239 e. The monoisotopic (exact) mass is 268 g/mol. The van der Waals surface area contributed by atoms with Crippen LogP contribution in [0.15, 0.2) is 54.6 Å². The minimum Gasteiger partial charge on any atom is -0.368 e. The van der Waals surface area contributed by atoms with Crippen molar-refractivity contribution in [3.8, 4) is 0 Å². The molecule has 20 heavy (non-hydrogen) atoms. The van der Waals surface area contributed by atoms with Crippen LogP contribution in [-0.4, -0.2) is 17.9 Å². The Labute approximate surface area is 120 Å². The Balaban J connectivity index is 2.23. The highest BCUT2D eigenvalue weighted by Crippen LogP contribution is 2.21. The van der Waals surface area contributed by atoms with Crippen LogP contribution >= 0.6 is 0 Å². The van der Waals surface area contributed by atoms with Crippen molar-refractivity contribution in [1.29, 1.82) is 0 Å². The van der Waals surface area contributed by atoms with Crippen LogP contribution in [0.4, 0.5) is 0 Å². The summed E-state index contributed by atoms with van der Waals surface area (Å²) in [6.07, 6.45) is 0. The van der Waals surface area contributed by atoms with Gasteiger partial charge in [0.1, 0.15) is 6.04 Å². The molecule has 0 radical (unpaired) electrons. The highest BCUT2D eigenvalue weighted by atomic mass is 16.1. The first-order valence-electron chi connectivity index (χ1n) is 6.68. The Kier molecular flexibility index (Phi) is 4.53. The number of nitrogens with zero attached hydrogens (tertiary/aromatic N) is 1. The van der Waals surface area contributed by atoms with E-state index >= 15 is 0 Å². The molecule has 0 aliphatic carbocycles. The van der Waals surface area contributed by atoms with Crippen LogP contribution in [0.2, 0.25) is 0 Å². The van der Waals surface area contributed by atoms with Crippen molar-refractivity contribution < 1.29 is 4.79 Å². The van der Waals surface area contributed by atoms with Gasteiger partial charge in [-0.1, -0.05) is 54.6 Å². The molecule has 0 bridgehead atoms. The summed E-state index contributed by atoms with van der Waals surface area (Å²) >= 11 is 0. The zero-order valence-electron chi connectivity index (χ0n) is 11.9. The first kappa shape index (κ1) is 14.3. The Morgan fingerprint density at radius 1 is 1.10 bits per heavy atom. The zero-order chi connectivity index (χ0) is 14.5. The normalized spacial score (nSPS) is 12.3. The van der Waals surface area contributed by atoms with Gasteiger partial charge in [-0.15, -0.1) is 0 Å². The van der Waals surface area contributed by atoms with Gasteiger partial charge in [-0.05, 0) is 30.7 Å². The molecule has 3 heteroatoms. The van der Waals surface area contributed by atoms with Gasteiger partial charge in [0, 0.05) is 6.54 Å². The van der Waals surface area contributed by atoms with Gasteiger partial charge in [0.2, 0.25) is 5.91 Å². The van der Waals surface area contributed by atoms with E-state index in [0.717, 1.165) is 5.56 Å². The Morgan fingerprint density at radius 2 is 1.70 bits per heavy atom. The number of nitrogens with two attached hydrogens (primary N) is 1. The van der Waals surface area contributed by atoms with E-state index in [-0.39, 0.29) is 5.91 Å². The maximum absolute atomic E-state index is 11.8. The van der Waals surface area contributed by atoms with E-state index in [9.17, 15) is 4.79 Å². The van der Waals surface area contributed by atoms with E-state index in [1.54, 1.807) is 0 Å². The number of hydrogen-bond donors (Lipinski definition) is 1. The molecule has 0 saturated heterocycles. The summed E-state index contributed by atoms with van der Waals surface area (Å²) in [5.74, 6) is -0.327. The van der Waals surface area contributed by atoms with Gasteiger partial charge in [-0.2, -0.15) is 0 Å². The minimum absolute atomic E-state index is 0.327. The summed E-state index contributed by atoms with van der Waals surface area (Å²) in [5.41, 5.74) is 8.93. The van der Waals surface area contributed by atoms with E-state index in [1.807, 2.05) is 54.4 Å². The van der Waals surface area contributed by atoms with Crippen molar-refractivity contribution in [3.63, 3.8) is 0 Å². The lowest BCUT2D eigenvalue weighted by molar-refractivity contribution is -0.123. The second-order valence-electron chi connectivity index (χ2n) is 5.06. The second kappa shape index (κ2) is 6.35. The first-order valence-corrected chi connectivity index (χ1v) is 6.68. The topological polar surface area (TPSA) is 46.3 Å². The van der Waals surface area contributed by atoms with Gasteiger partial charge >= 0.3 is 0 Å². The molecule has 0 spiro atoms. The number of likely N-dealkylation sites (N-methyl/N-ethyl adjacent to an activating group) is 1. The van der Waals surface area contributed by atoms with Crippen molar-refractivity contribution in [2.24, 2.45) is 5.73 Å². The molecule has 1 amide bonds. The fourth-order valence-corrected chi connectivity index (χ4v) is 2.42. The van der Waals surface area contributed by atoms with Crippen LogP contribution in [0.1, 0.15) is 22.7 Å². The third kappa shape index (κ3) is 3.25. The summed E-state index contributed by atoms with van der Waals surface area (Å²) in [4.78, 5) is 13.8. The molecule has 0 aromatic heterocycles. The van der Waals surface area contributed by atoms with Crippen molar-refractivity contribution in [2.45, 2.75) is 19.5 Å². The minimum atomic E-state index is -0.407. The lowest BCUT2D eigenvalue weighted by atomic mass is 10.0. The van der Waals surface area contributed by atoms with E-state index < -0.39 is 6.04 Å². The number of carbonyl (C=O) groups excluding carboxylic acids is 1. The molecule has 0 aliphatic rings. The molecular formula is C17H20N2O. The Morgan fingerprint density at radius 3 is 2.30 bits per heavy atom. The van der Waals surface area contributed by atoms with Crippen LogP contribution < -0.4 is 5.73 Å². The lowest BCUT2D eigenvalue weighted by Gasteiger charge is -2.26. The summed E-state index contributed by atoms with van der Waals surface area (Å²) in [6.45, 7) is 2.76. The molecular weight excluding hydrogens is 248 g/mol. The van der Waals surface area contributed by atoms with Crippen LogP contribution in [0.25, 0.3) is 0 Å². The van der Waals surface area contributed by atoms with Crippen molar-refractivity contribution >= 4 is 5.91 Å². The Hall–Kier alpha value is -2.13. The highest BCUT2D eigenvalue weighted by Gasteiger charge is 2.22. The molecule has 3 nitrogen and oxygen atoms in total. The molecule has 2 aromatic rings. The molecule has 0 fully saturated rings. The maximum Gasteiger partial charge on any atom is 0.239 e. The summed E-state index contributed by atoms with van der Waals surface area (Å²) in [7, 11) is 1.93. The van der Waals surface area contributed by atoms with E-state index in [2.05, 4.69) is 19.1 Å². The molecule has 0 aliphatic heterocycles. The molecule has 0 heterocycles. The molecule has 104 valence electrons. The van der Waals surface area contributed by atoms with Gasteiger partial charge in [0.05, 0.1) is 0 Å². The van der Waals surface area contributed by atoms with Crippen molar-refractivity contribution in [1.82, 2.24) is 4.90 Å². The third-order valence-corrected chi connectivity index (χ3v) is 3.51. The van der Waals surface area contributed by atoms with Gasteiger partial charge < -0.3 is 5.73 Å². The average molecular weight is 268 g/mol. The predicted octanol–water partition coefficient (Wildman–Crippen LogP) is 2.65. The predicted molar refractivity (Wildman–Crippen MR) is 81.0 cm³/mol. The molecule has 0 saturated carbocycles. The van der Waals surface area contributed by atoms with E-state index in [1.165, 1.54) is 11.1 Å². The quantitative estimate of drug-likeness (QED) is 0.906. The second-order valence-corrected chi connectivity index (χ2v) is 5.06. The molecule has 2 aromatic carbocycles. The number of primary amides is 1. The van der Waals surface area contributed by atoms with E-state index in [4.69, 9.17) is 5.73 Å². The number of hydrogen-bond acceptors (Lipinski definition) is 2. The maximum atomic E-state index is 11.8. The molecule has 2 rings (SSSR count). The van der Waals surface area contributed by atoms with Crippen molar-refractivity contribution in [2.75, 3.05) is 7.05 Å². The molecule has 1 atom stereocenters. The number of aryl methyl sites for hydroxylation is 1. The number of amides is 1. The third-order valence-electron chi connectivity index (χ3n) is 3.51. The summed E-state index contributed by atoms with van der Waals surface area (Å²) < 4.78 is 0. The Bertz CT molecular complexity index is 581. The summed E-state index contributed by atoms with van der Waals surface area (Å²) in [5, 5.41) is 0. The van der Waals surface area contributed by atoms with Gasteiger partial charge in [-0.25, -0.2) is 0 Å². The van der Waals surface area contributed by atoms with Crippen LogP contribution in [0.5, 0.6) is 0 Å². The van der Waals surface area contributed by atoms with Crippen LogP contribution in [0.3, 0.4) is 0 Å². The fourth-order valence-electron chi connectivity index (χ4n) is 2.42. The van der Waals surface area contributed by atoms with Crippen molar-refractivity contribution in [3.05, 3.63) is 71.3 Å². The van der Waals surface area contributed by atoms with Gasteiger partial charge in [0.25, 0.3) is 0 Å². The average Bonchev–Trinajstić information content (AvgIpc) is 2.42. The van der Waals surface area contributed by atoms with Gasteiger partial charge in [0.15, 0.2) is 0 Å². The number of rotatable bonds is 5. The largest absolute Gasteiger partial charge is 0.368 e. The SMILES string of the molecule is Cc1ccccc1CN(C)[C@@H](C(N)=O)c1ccccc1. The summed E-state index contributed by atoms with van der Waals surface area (Å²) in [6, 6.07) is 17.4. The lowest BCUT2D eigenvalue weighted by Crippen LogP contribution is -2.35. The number of carbonyl (C=O) groups is 1. The van der Waals surface area contributed by atoms with Gasteiger partial charge in [-0.3, -0.25) is 9.69 Å². The standard InChI is InChI=1S/C17H20N2O/c1-13-8-6-7-11-15(13)12-19(2)16(17(18)20)14-9-4-3-5-10-14/h3-11,16H,12H2,1-2H3,(H2,18,20)/t16-/m1/s1. The van der Waals surface area contributed by atoms with E-state index in [0.29, 0.717) is 6.54 Å². The fraction of sp³-hybridized carbons (Fsp3) is 0.235. The zero-order valence-corrected chi connectivity index (χ0v) is 11.9. The van der Waals surface area contributed by atoms with Crippen LogP contribution in [0, 0.1) is 6.92 Å². The first-order chi connectivity index (χ1) is 9.59. The van der Waals surface area contributed by atoms with Crippen LogP contribution in [-0.2, 0) is 11.3 Å². The highest BCUT2D eigenvalue weighted by molar-refractivity contribution is 5.81. The number of benzene rings is 2.